The van der Waals surface area contributed by atoms with Gasteiger partial charge in [0.25, 0.3) is 0 Å². The summed E-state index contributed by atoms with van der Waals surface area (Å²) < 4.78 is 13.4. The first-order valence-corrected chi connectivity index (χ1v) is 7.68. The molecule has 0 aliphatic heterocycles. The lowest BCUT2D eigenvalue weighted by atomic mass is 9.76. The van der Waals surface area contributed by atoms with Crippen LogP contribution in [0.15, 0.2) is 18.2 Å². The number of halogens is 2. The molecule has 0 saturated heterocycles. The Kier molecular flexibility index (Phi) is 5.23. The van der Waals surface area contributed by atoms with Gasteiger partial charge in [0.05, 0.1) is 5.02 Å². The van der Waals surface area contributed by atoms with E-state index in [-0.39, 0.29) is 16.9 Å². The molecule has 1 unspecified atom stereocenters. The average molecular weight is 284 g/mol. The minimum Gasteiger partial charge on any atom is -0.327 e. The van der Waals surface area contributed by atoms with Crippen molar-refractivity contribution in [2.24, 2.45) is 17.6 Å². The van der Waals surface area contributed by atoms with Crippen molar-refractivity contribution in [1.29, 1.82) is 0 Å². The van der Waals surface area contributed by atoms with Gasteiger partial charge in [0.1, 0.15) is 5.82 Å². The van der Waals surface area contributed by atoms with E-state index in [2.05, 4.69) is 6.92 Å². The normalized spacial score (nSPS) is 25.3. The summed E-state index contributed by atoms with van der Waals surface area (Å²) in [5.41, 5.74) is 7.14. The van der Waals surface area contributed by atoms with E-state index in [1.165, 1.54) is 38.2 Å². The Hall–Kier alpha value is -0.600. The molecule has 1 aliphatic carbocycles. The molecule has 3 heteroatoms. The van der Waals surface area contributed by atoms with Gasteiger partial charge in [-0.05, 0) is 42.7 Å². The maximum absolute atomic E-state index is 13.4. The van der Waals surface area contributed by atoms with Crippen molar-refractivity contribution >= 4 is 11.6 Å². The maximum atomic E-state index is 13.4. The quantitative estimate of drug-likeness (QED) is 0.861. The van der Waals surface area contributed by atoms with Crippen molar-refractivity contribution in [3.05, 3.63) is 34.6 Å². The molecule has 1 aliphatic rings. The van der Waals surface area contributed by atoms with Crippen LogP contribution in [0.3, 0.4) is 0 Å². The minimum absolute atomic E-state index is 0.0945. The van der Waals surface area contributed by atoms with Gasteiger partial charge in [-0.25, -0.2) is 4.39 Å². The van der Waals surface area contributed by atoms with Crippen molar-refractivity contribution < 1.29 is 4.39 Å². The fraction of sp³-hybridized carbons (Fsp3) is 0.625. The highest BCUT2D eigenvalue weighted by molar-refractivity contribution is 6.31. The standard InChI is InChI=1S/C16H23ClFN/c1-2-11-6-8-12(9-7-11)15(19)10-13-4-3-5-14(18)16(13)17/h3-5,11-12,15H,2,6-10,19H2,1H3. The summed E-state index contributed by atoms with van der Waals surface area (Å²) in [7, 11) is 0. The summed E-state index contributed by atoms with van der Waals surface area (Å²) in [6, 6.07) is 5.07. The number of hydrogen-bond donors (Lipinski definition) is 1. The Balaban J connectivity index is 1.94. The lowest BCUT2D eigenvalue weighted by Gasteiger charge is -2.32. The van der Waals surface area contributed by atoms with Gasteiger partial charge >= 0.3 is 0 Å². The van der Waals surface area contributed by atoms with Crippen LogP contribution in [-0.2, 0) is 6.42 Å². The maximum Gasteiger partial charge on any atom is 0.142 e. The molecule has 1 saturated carbocycles. The molecule has 0 radical (unpaired) electrons. The first-order chi connectivity index (χ1) is 9.11. The molecule has 0 aromatic heterocycles. The van der Waals surface area contributed by atoms with Crippen LogP contribution >= 0.6 is 11.6 Å². The van der Waals surface area contributed by atoms with Crippen LogP contribution in [0.2, 0.25) is 5.02 Å². The average Bonchev–Trinajstić information content (AvgIpc) is 2.44. The van der Waals surface area contributed by atoms with Gasteiger partial charge in [-0.3, -0.25) is 0 Å². The molecule has 1 atom stereocenters. The summed E-state index contributed by atoms with van der Waals surface area (Å²) >= 11 is 5.99. The highest BCUT2D eigenvalue weighted by Crippen LogP contribution is 2.33. The molecule has 0 heterocycles. The molecule has 1 fully saturated rings. The lowest BCUT2D eigenvalue weighted by molar-refractivity contribution is 0.238. The second kappa shape index (κ2) is 6.71. The second-order valence-corrected chi connectivity index (χ2v) is 6.15. The predicted octanol–water partition coefficient (Wildman–Crippen LogP) is 4.57. The molecular weight excluding hydrogens is 261 g/mol. The molecule has 2 rings (SSSR count). The smallest absolute Gasteiger partial charge is 0.142 e. The van der Waals surface area contributed by atoms with Crippen molar-refractivity contribution in [3.63, 3.8) is 0 Å². The van der Waals surface area contributed by atoms with E-state index < -0.39 is 0 Å². The molecule has 106 valence electrons. The minimum atomic E-state index is -0.346. The van der Waals surface area contributed by atoms with Crippen LogP contribution < -0.4 is 5.73 Å². The first kappa shape index (κ1) is 14.8. The summed E-state index contributed by atoms with van der Waals surface area (Å²) in [5, 5.41) is 0.236. The topological polar surface area (TPSA) is 26.0 Å². The van der Waals surface area contributed by atoms with Crippen LogP contribution in [0.4, 0.5) is 4.39 Å². The molecule has 0 amide bonds. The van der Waals surface area contributed by atoms with Crippen LogP contribution in [0.1, 0.15) is 44.6 Å². The third-order valence-electron chi connectivity index (χ3n) is 4.56. The first-order valence-electron chi connectivity index (χ1n) is 7.30. The Labute approximate surface area is 120 Å². The SMILES string of the molecule is CCC1CCC(C(N)Cc2cccc(F)c2Cl)CC1. The number of rotatable bonds is 4. The van der Waals surface area contributed by atoms with E-state index >= 15 is 0 Å². The van der Waals surface area contributed by atoms with Gasteiger partial charge in [-0.2, -0.15) is 0 Å². The Morgan fingerprint density at radius 2 is 2.00 bits per heavy atom. The van der Waals surface area contributed by atoms with Gasteiger partial charge < -0.3 is 5.73 Å². The zero-order chi connectivity index (χ0) is 13.8. The summed E-state index contributed by atoms with van der Waals surface area (Å²) in [6.07, 6.45) is 6.92. The molecular formula is C16H23ClFN. The largest absolute Gasteiger partial charge is 0.327 e. The highest BCUT2D eigenvalue weighted by Gasteiger charge is 2.25. The molecule has 19 heavy (non-hydrogen) atoms. The summed E-state index contributed by atoms with van der Waals surface area (Å²) in [4.78, 5) is 0. The Bertz CT molecular complexity index is 413. The van der Waals surface area contributed by atoms with Gasteiger partial charge in [-0.15, -0.1) is 0 Å². The second-order valence-electron chi connectivity index (χ2n) is 5.77. The lowest BCUT2D eigenvalue weighted by Crippen LogP contribution is -2.35. The van der Waals surface area contributed by atoms with Crippen LogP contribution in [0.5, 0.6) is 0 Å². The van der Waals surface area contributed by atoms with Crippen molar-refractivity contribution in [1.82, 2.24) is 0 Å². The fourth-order valence-corrected chi connectivity index (χ4v) is 3.35. The van der Waals surface area contributed by atoms with Crippen molar-refractivity contribution in [2.45, 2.75) is 51.5 Å². The van der Waals surface area contributed by atoms with Gasteiger partial charge in [-0.1, -0.05) is 49.9 Å². The molecule has 1 aromatic rings. The third kappa shape index (κ3) is 3.70. The highest BCUT2D eigenvalue weighted by atomic mass is 35.5. The van der Waals surface area contributed by atoms with Crippen LogP contribution in [0.25, 0.3) is 0 Å². The predicted molar refractivity (Wildman–Crippen MR) is 78.8 cm³/mol. The van der Waals surface area contributed by atoms with Gasteiger partial charge in [0, 0.05) is 6.04 Å². The number of benzene rings is 1. The third-order valence-corrected chi connectivity index (χ3v) is 4.98. The number of hydrogen-bond acceptors (Lipinski definition) is 1. The summed E-state index contributed by atoms with van der Waals surface area (Å²) in [6.45, 7) is 2.26. The zero-order valence-corrected chi connectivity index (χ0v) is 12.3. The van der Waals surface area contributed by atoms with Crippen molar-refractivity contribution in [2.75, 3.05) is 0 Å². The van der Waals surface area contributed by atoms with Gasteiger partial charge in [0.2, 0.25) is 0 Å². The molecule has 0 spiro atoms. The van der Waals surface area contributed by atoms with E-state index in [1.807, 2.05) is 6.07 Å². The van der Waals surface area contributed by atoms with Crippen LogP contribution in [-0.4, -0.2) is 6.04 Å². The molecule has 1 nitrogen and oxygen atoms in total. The Morgan fingerprint density at radius 1 is 1.32 bits per heavy atom. The number of nitrogens with two attached hydrogens (primary N) is 1. The van der Waals surface area contributed by atoms with Crippen molar-refractivity contribution in [3.8, 4) is 0 Å². The van der Waals surface area contributed by atoms with E-state index in [1.54, 1.807) is 6.07 Å². The fourth-order valence-electron chi connectivity index (χ4n) is 3.15. The molecule has 2 N–H and O–H groups in total. The Morgan fingerprint density at radius 3 is 2.63 bits per heavy atom. The van der Waals surface area contributed by atoms with E-state index in [0.29, 0.717) is 12.3 Å². The van der Waals surface area contributed by atoms with E-state index in [4.69, 9.17) is 17.3 Å². The van der Waals surface area contributed by atoms with Crippen LogP contribution in [0, 0.1) is 17.7 Å². The molecule has 0 bridgehead atoms. The van der Waals surface area contributed by atoms with E-state index in [9.17, 15) is 4.39 Å². The van der Waals surface area contributed by atoms with E-state index in [0.717, 1.165) is 11.5 Å². The monoisotopic (exact) mass is 283 g/mol. The zero-order valence-electron chi connectivity index (χ0n) is 11.5. The van der Waals surface area contributed by atoms with Gasteiger partial charge in [0.15, 0.2) is 0 Å². The summed E-state index contributed by atoms with van der Waals surface area (Å²) in [5.74, 6) is 1.09. The molecule has 1 aromatic carbocycles.